The quantitative estimate of drug-likeness (QED) is 0.491. The number of carbonyl (C=O) groups excluding carboxylic acids is 1. The second-order valence-electron chi connectivity index (χ2n) is 5.46. The molecule has 27 heavy (non-hydrogen) atoms. The molecule has 10 heteroatoms. The van der Waals surface area contributed by atoms with Crippen molar-refractivity contribution in [1.82, 2.24) is 10.3 Å². The van der Waals surface area contributed by atoms with Gasteiger partial charge in [0.05, 0.1) is 27.9 Å². The van der Waals surface area contributed by atoms with E-state index >= 15 is 0 Å². The minimum atomic E-state index is -0.506. The molecule has 3 aromatic rings. The van der Waals surface area contributed by atoms with Gasteiger partial charge in [-0.3, -0.25) is 10.1 Å². The monoisotopic (exact) mass is 459 g/mol. The molecule has 1 heterocycles. The van der Waals surface area contributed by atoms with E-state index in [1.807, 2.05) is 13.0 Å². The summed E-state index contributed by atoms with van der Waals surface area (Å²) in [4.78, 5) is 16.9. The normalized spacial score (nSPS) is 10.7. The van der Waals surface area contributed by atoms with Crippen molar-refractivity contribution in [2.24, 2.45) is 0 Å². The Morgan fingerprint density at radius 2 is 1.93 bits per heavy atom. The van der Waals surface area contributed by atoms with Crippen molar-refractivity contribution in [3.63, 3.8) is 0 Å². The van der Waals surface area contributed by atoms with Gasteiger partial charge in [-0.2, -0.15) is 0 Å². The first-order valence-electron chi connectivity index (χ1n) is 7.50. The fraction of sp³-hybridized carbons (Fsp3) is 0.118. The Balaban J connectivity index is 1.77. The van der Waals surface area contributed by atoms with Crippen molar-refractivity contribution in [3.05, 3.63) is 50.5 Å². The van der Waals surface area contributed by atoms with Crippen LogP contribution in [-0.4, -0.2) is 23.1 Å². The molecular formula is C17H12Cl3N3O2S2. The zero-order chi connectivity index (χ0) is 19.7. The van der Waals surface area contributed by atoms with E-state index in [-0.39, 0.29) is 21.4 Å². The first-order valence-corrected chi connectivity index (χ1v) is 9.86. The summed E-state index contributed by atoms with van der Waals surface area (Å²) in [6, 6.07) is 6.67. The number of fused-ring (bicyclic) bond motifs is 1. The van der Waals surface area contributed by atoms with E-state index in [1.54, 1.807) is 6.07 Å². The first-order chi connectivity index (χ1) is 12.8. The van der Waals surface area contributed by atoms with Crippen LogP contribution in [0.4, 0.5) is 5.13 Å². The van der Waals surface area contributed by atoms with Gasteiger partial charge in [0.2, 0.25) is 0 Å². The molecule has 5 nitrogen and oxygen atoms in total. The Bertz CT molecular complexity index is 1030. The van der Waals surface area contributed by atoms with Gasteiger partial charge in [0.15, 0.2) is 10.2 Å². The maximum atomic E-state index is 12.5. The summed E-state index contributed by atoms with van der Waals surface area (Å²) < 4.78 is 6.13. The molecule has 140 valence electrons. The van der Waals surface area contributed by atoms with Gasteiger partial charge in [-0.1, -0.05) is 46.1 Å². The van der Waals surface area contributed by atoms with Crippen LogP contribution in [0.1, 0.15) is 15.9 Å². The van der Waals surface area contributed by atoms with Gasteiger partial charge in [-0.15, -0.1) is 0 Å². The Morgan fingerprint density at radius 3 is 2.63 bits per heavy atom. The lowest BCUT2D eigenvalue weighted by Gasteiger charge is -2.12. The Kier molecular flexibility index (Phi) is 6.08. The smallest absolute Gasteiger partial charge is 0.261 e. The van der Waals surface area contributed by atoms with Crippen molar-refractivity contribution in [2.45, 2.75) is 6.92 Å². The molecule has 3 rings (SSSR count). The maximum absolute atomic E-state index is 12.5. The molecular weight excluding hydrogens is 449 g/mol. The van der Waals surface area contributed by atoms with Gasteiger partial charge in [-0.05, 0) is 49.0 Å². The van der Waals surface area contributed by atoms with Crippen LogP contribution in [0.15, 0.2) is 24.3 Å². The predicted octanol–water partition coefficient (Wildman–Crippen LogP) is 5.70. The summed E-state index contributed by atoms with van der Waals surface area (Å²) >= 11 is 24.8. The summed E-state index contributed by atoms with van der Waals surface area (Å²) in [6.45, 7) is 1.92. The van der Waals surface area contributed by atoms with Gasteiger partial charge in [0.25, 0.3) is 5.91 Å². The average Bonchev–Trinajstić information content (AvgIpc) is 2.95. The number of thiocarbonyl (C=S) groups is 1. The maximum Gasteiger partial charge on any atom is 0.261 e. The van der Waals surface area contributed by atoms with Crippen molar-refractivity contribution in [3.8, 4) is 5.75 Å². The molecule has 0 bridgehead atoms. The standard InChI is InChI=1S/C17H12Cl3N3O2S2/c1-7-3-13-12(6-10(7)19)21-17(27-13)23-16(26)22-15(24)9-4-8(18)5-11(20)14(9)25-2/h3-6H,1-2H3,(H2,21,22,23,24,26). The number of aryl methyl sites for hydroxylation is 1. The highest BCUT2D eigenvalue weighted by atomic mass is 35.5. The summed E-state index contributed by atoms with van der Waals surface area (Å²) in [5.41, 5.74) is 1.88. The highest BCUT2D eigenvalue weighted by Crippen LogP contribution is 2.32. The topological polar surface area (TPSA) is 63.2 Å². The SMILES string of the molecule is COc1c(Cl)cc(Cl)cc1C(=O)NC(=S)Nc1nc2cc(Cl)c(C)cc2s1. The molecule has 1 aromatic heterocycles. The van der Waals surface area contributed by atoms with Crippen LogP contribution in [0.5, 0.6) is 5.75 Å². The van der Waals surface area contributed by atoms with Gasteiger partial charge < -0.3 is 10.1 Å². The lowest BCUT2D eigenvalue weighted by Crippen LogP contribution is -2.34. The number of ether oxygens (including phenoxy) is 1. The minimum absolute atomic E-state index is 0.0834. The van der Waals surface area contributed by atoms with Crippen molar-refractivity contribution >= 4 is 84.7 Å². The fourth-order valence-corrected chi connectivity index (χ4v) is 4.27. The zero-order valence-corrected chi connectivity index (χ0v) is 17.9. The molecule has 0 radical (unpaired) electrons. The molecule has 0 unspecified atom stereocenters. The number of halogens is 3. The van der Waals surface area contributed by atoms with Crippen LogP contribution in [0, 0.1) is 6.92 Å². The lowest BCUT2D eigenvalue weighted by atomic mass is 10.2. The third kappa shape index (κ3) is 4.44. The molecule has 2 aromatic carbocycles. The number of thiazole rings is 1. The van der Waals surface area contributed by atoms with Crippen LogP contribution in [0.2, 0.25) is 15.1 Å². The lowest BCUT2D eigenvalue weighted by molar-refractivity contribution is 0.0975. The number of nitrogens with one attached hydrogen (secondary N) is 2. The number of hydrogen-bond acceptors (Lipinski definition) is 5. The van der Waals surface area contributed by atoms with Crippen LogP contribution in [-0.2, 0) is 0 Å². The average molecular weight is 461 g/mol. The number of methoxy groups -OCH3 is 1. The number of amides is 1. The Morgan fingerprint density at radius 1 is 1.19 bits per heavy atom. The van der Waals surface area contributed by atoms with Gasteiger partial charge in [0, 0.05) is 10.0 Å². The summed E-state index contributed by atoms with van der Waals surface area (Å²) in [5, 5.41) is 7.26. The van der Waals surface area contributed by atoms with Gasteiger partial charge in [0.1, 0.15) is 5.75 Å². The van der Waals surface area contributed by atoms with Crippen molar-refractivity contribution in [2.75, 3.05) is 12.4 Å². The number of anilines is 1. The molecule has 0 atom stereocenters. The van der Waals surface area contributed by atoms with E-state index in [4.69, 9.17) is 51.8 Å². The van der Waals surface area contributed by atoms with Crippen molar-refractivity contribution in [1.29, 1.82) is 0 Å². The number of carbonyl (C=O) groups is 1. The second-order valence-corrected chi connectivity index (χ2v) is 8.15. The van der Waals surface area contributed by atoms with Gasteiger partial charge >= 0.3 is 0 Å². The highest BCUT2D eigenvalue weighted by Gasteiger charge is 2.18. The zero-order valence-electron chi connectivity index (χ0n) is 14.0. The predicted molar refractivity (Wildman–Crippen MR) is 116 cm³/mol. The molecule has 0 aliphatic heterocycles. The van der Waals surface area contributed by atoms with Crippen LogP contribution in [0.25, 0.3) is 10.2 Å². The van der Waals surface area contributed by atoms with E-state index in [2.05, 4.69) is 15.6 Å². The van der Waals surface area contributed by atoms with E-state index in [0.29, 0.717) is 15.2 Å². The van der Waals surface area contributed by atoms with Crippen LogP contribution >= 0.6 is 58.4 Å². The number of hydrogen-bond donors (Lipinski definition) is 2. The summed E-state index contributed by atoms with van der Waals surface area (Å²) in [6.07, 6.45) is 0. The van der Waals surface area contributed by atoms with Gasteiger partial charge in [-0.25, -0.2) is 4.98 Å². The molecule has 1 amide bonds. The third-order valence-corrected chi connectivity index (χ3v) is 5.62. The Labute approximate surface area is 179 Å². The fourth-order valence-electron chi connectivity index (χ4n) is 2.34. The minimum Gasteiger partial charge on any atom is -0.494 e. The molecule has 0 aliphatic carbocycles. The van der Waals surface area contributed by atoms with Crippen LogP contribution < -0.4 is 15.4 Å². The Hall–Kier alpha value is -1.64. The molecule has 0 aliphatic rings. The van der Waals surface area contributed by atoms with Crippen LogP contribution in [0.3, 0.4) is 0 Å². The van der Waals surface area contributed by atoms with Crippen molar-refractivity contribution < 1.29 is 9.53 Å². The van der Waals surface area contributed by atoms with E-state index in [9.17, 15) is 4.79 Å². The second kappa shape index (κ2) is 8.16. The number of aromatic nitrogens is 1. The molecule has 0 saturated carbocycles. The first kappa shape index (κ1) is 20.1. The summed E-state index contributed by atoms with van der Waals surface area (Å²) in [7, 11) is 1.41. The number of benzene rings is 2. The van der Waals surface area contributed by atoms with E-state index in [0.717, 1.165) is 15.8 Å². The summed E-state index contributed by atoms with van der Waals surface area (Å²) in [5.74, 6) is -0.291. The molecule has 0 spiro atoms. The van der Waals surface area contributed by atoms with E-state index < -0.39 is 5.91 Å². The number of nitrogens with zero attached hydrogens (tertiary/aromatic N) is 1. The number of rotatable bonds is 3. The highest BCUT2D eigenvalue weighted by molar-refractivity contribution is 7.80. The molecule has 0 saturated heterocycles. The van der Waals surface area contributed by atoms with E-state index in [1.165, 1.54) is 30.6 Å². The third-order valence-electron chi connectivity index (χ3n) is 3.57. The molecule has 0 fully saturated rings. The largest absolute Gasteiger partial charge is 0.494 e. The molecule has 2 N–H and O–H groups in total.